The normalized spacial score (nSPS) is 13.7. The van der Waals surface area contributed by atoms with Crippen LogP contribution < -0.4 is 5.32 Å². The average Bonchev–Trinajstić information content (AvgIpc) is 2.65. The predicted octanol–water partition coefficient (Wildman–Crippen LogP) is 5.14. The van der Waals surface area contributed by atoms with Crippen LogP contribution in [0.4, 0.5) is 24.5 Å². The van der Waals surface area contributed by atoms with Gasteiger partial charge in [0.25, 0.3) is 0 Å². The summed E-state index contributed by atoms with van der Waals surface area (Å²) >= 11 is 0. The van der Waals surface area contributed by atoms with Crippen molar-refractivity contribution < 1.29 is 27.8 Å². The Kier molecular flexibility index (Phi) is 7.55. The fourth-order valence-electron chi connectivity index (χ4n) is 3.01. The first-order chi connectivity index (χ1) is 13.7. The van der Waals surface area contributed by atoms with Crippen LogP contribution in [0.3, 0.4) is 0 Å². The van der Waals surface area contributed by atoms with Gasteiger partial charge in [-0.25, -0.2) is 9.97 Å². The van der Waals surface area contributed by atoms with Crippen molar-refractivity contribution in [2.45, 2.75) is 51.8 Å². The minimum Gasteiger partial charge on any atom is -0.481 e. The quantitative estimate of drug-likeness (QED) is 0.595. The van der Waals surface area contributed by atoms with Gasteiger partial charge < -0.3 is 15.2 Å². The lowest BCUT2D eigenvalue weighted by molar-refractivity contribution is -0.222. The number of benzene rings is 1. The van der Waals surface area contributed by atoms with E-state index in [4.69, 9.17) is 9.84 Å². The van der Waals surface area contributed by atoms with Gasteiger partial charge in [-0.1, -0.05) is 19.1 Å². The third-order valence-corrected chi connectivity index (χ3v) is 4.44. The van der Waals surface area contributed by atoms with Crippen molar-refractivity contribution in [3.05, 3.63) is 47.5 Å². The molecule has 0 saturated carbocycles. The van der Waals surface area contributed by atoms with Crippen molar-refractivity contribution in [2.75, 3.05) is 11.9 Å². The molecule has 0 fully saturated rings. The van der Waals surface area contributed by atoms with Gasteiger partial charge in [0.1, 0.15) is 5.82 Å². The van der Waals surface area contributed by atoms with Gasteiger partial charge in [0.05, 0.1) is 24.5 Å². The summed E-state index contributed by atoms with van der Waals surface area (Å²) in [6.45, 7) is 4.91. The van der Waals surface area contributed by atoms with E-state index in [-0.39, 0.29) is 30.2 Å². The molecule has 6 nitrogen and oxygen atoms in total. The summed E-state index contributed by atoms with van der Waals surface area (Å²) in [6, 6.07) is 4.41. The standard InChI is InChI=1S/C20H24F3N3O3/c1-4-13(9-18(27)28)14-6-7-16(19(29-5-2)20(21,22)23)17(8-14)26-15-10-24-12(3)25-11-15/h6-8,10-11,13,19,26H,4-5,9H2,1-3H3,(H,27,28)/t13-,19-/m1/s1. The van der Waals surface area contributed by atoms with Gasteiger partial charge in [0.2, 0.25) is 0 Å². The number of nitrogens with zero attached hydrogens (tertiary/aromatic N) is 2. The summed E-state index contributed by atoms with van der Waals surface area (Å²) in [5.74, 6) is -0.767. The first kappa shape index (κ1) is 22.6. The van der Waals surface area contributed by atoms with Crippen molar-refractivity contribution in [3.8, 4) is 0 Å². The molecule has 0 saturated heterocycles. The summed E-state index contributed by atoms with van der Waals surface area (Å²) in [6.07, 6.45) is -3.37. The van der Waals surface area contributed by atoms with Gasteiger partial charge >= 0.3 is 12.1 Å². The minimum atomic E-state index is -4.61. The van der Waals surface area contributed by atoms with E-state index in [9.17, 15) is 18.0 Å². The first-order valence-electron chi connectivity index (χ1n) is 9.25. The van der Waals surface area contributed by atoms with Crippen LogP contribution in [0.5, 0.6) is 0 Å². The molecule has 0 aliphatic rings. The Morgan fingerprint density at radius 2 is 1.90 bits per heavy atom. The monoisotopic (exact) mass is 411 g/mol. The van der Waals surface area contributed by atoms with Gasteiger partial charge in [-0.2, -0.15) is 13.2 Å². The van der Waals surface area contributed by atoms with E-state index in [1.54, 1.807) is 13.0 Å². The zero-order chi connectivity index (χ0) is 21.6. The molecule has 0 unspecified atom stereocenters. The summed E-state index contributed by atoms with van der Waals surface area (Å²) in [7, 11) is 0. The Bertz CT molecular complexity index is 826. The molecule has 0 amide bonds. The molecular weight excluding hydrogens is 387 g/mol. The molecule has 29 heavy (non-hydrogen) atoms. The molecule has 0 aliphatic heterocycles. The number of carbonyl (C=O) groups is 1. The molecule has 2 N–H and O–H groups in total. The van der Waals surface area contributed by atoms with Crippen LogP contribution in [0.2, 0.25) is 0 Å². The highest BCUT2D eigenvalue weighted by atomic mass is 19.4. The zero-order valence-electron chi connectivity index (χ0n) is 16.5. The topological polar surface area (TPSA) is 84.3 Å². The molecule has 9 heteroatoms. The number of aliphatic carboxylic acids is 1. The Balaban J connectivity index is 2.53. The number of hydrogen-bond donors (Lipinski definition) is 2. The fraction of sp³-hybridized carbons (Fsp3) is 0.450. The van der Waals surface area contributed by atoms with Crippen LogP contribution in [0, 0.1) is 6.92 Å². The second-order valence-electron chi connectivity index (χ2n) is 6.57. The van der Waals surface area contributed by atoms with E-state index in [0.29, 0.717) is 23.5 Å². The second-order valence-corrected chi connectivity index (χ2v) is 6.57. The molecule has 1 heterocycles. The van der Waals surface area contributed by atoms with Crippen molar-refractivity contribution in [2.24, 2.45) is 0 Å². The molecule has 0 bridgehead atoms. The third-order valence-electron chi connectivity index (χ3n) is 4.44. The Hall–Kier alpha value is -2.68. The fourth-order valence-corrected chi connectivity index (χ4v) is 3.01. The zero-order valence-corrected chi connectivity index (χ0v) is 16.5. The second kappa shape index (κ2) is 9.69. The van der Waals surface area contributed by atoms with E-state index in [1.165, 1.54) is 31.5 Å². The molecule has 1 aromatic carbocycles. The van der Waals surface area contributed by atoms with Crippen LogP contribution in [0.25, 0.3) is 0 Å². The number of carboxylic acids is 1. The highest BCUT2D eigenvalue weighted by Gasteiger charge is 2.43. The maximum Gasteiger partial charge on any atom is 0.418 e. The lowest BCUT2D eigenvalue weighted by atomic mass is 9.91. The highest BCUT2D eigenvalue weighted by molar-refractivity contribution is 5.69. The van der Waals surface area contributed by atoms with Crippen LogP contribution in [-0.4, -0.2) is 33.8 Å². The van der Waals surface area contributed by atoms with Crippen LogP contribution >= 0.6 is 0 Å². The third kappa shape index (κ3) is 6.15. The van der Waals surface area contributed by atoms with E-state index in [1.807, 2.05) is 6.92 Å². The summed E-state index contributed by atoms with van der Waals surface area (Å²) < 4.78 is 45.8. The largest absolute Gasteiger partial charge is 0.481 e. The molecule has 2 rings (SSSR count). The lowest BCUT2D eigenvalue weighted by Gasteiger charge is -2.25. The molecule has 2 aromatic rings. The Morgan fingerprint density at radius 3 is 2.41 bits per heavy atom. The van der Waals surface area contributed by atoms with Gasteiger partial charge in [-0.15, -0.1) is 0 Å². The average molecular weight is 411 g/mol. The number of rotatable bonds is 9. The summed E-state index contributed by atoms with van der Waals surface area (Å²) in [5.41, 5.74) is 1.13. The van der Waals surface area contributed by atoms with Crippen LogP contribution in [-0.2, 0) is 9.53 Å². The van der Waals surface area contributed by atoms with Crippen molar-refractivity contribution >= 4 is 17.3 Å². The maximum atomic E-state index is 13.6. The van der Waals surface area contributed by atoms with Gasteiger partial charge in [0.15, 0.2) is 6.10 Å². The highest BCUT2D eigenvalue weighted by Crippen LogP contribution is 2.41. The molecule has 2 atom stereocenters. The molecular formula is C20H24F3N3O3. The van der Waals surface area contributed by atoms with E-state index >= 15 is 0 Å². The lowest BCUT2D eigenvalue weighted by Crippen LogP contribution is -2.24. The van der Waals surface area contributed by atoms with Gasteiger partial charge in [-0.05, 0) is 37.8 Å². The van der Waals surface area contributed by atoms with Crippen LogP contribution in [0.15, 0.2) is 30.6 Å². The number of halogens is 3. The van der Waals surface area contributed by atoms with E-state index in [0.717, 1.165) is 0 Å². The smallest absolute Gasteiger partial charge is 0.418 e. The molecule has 158 valence electrons. The SMILES string of the molecule is CCO[C@H](c1ccc([C@H](CC)CC(=O)O)cc1Nc1cnc(C)nc1)C(F)(F)F. The van der Waals surface area contributed by atoms with E-state index < -0.39 is 18.2 Å². The van der Waals surface area contributed by atoms with Crippen molar-refractivity contribution in [1.29, 1.82) is 0 Å². The molecule has 0 spiro atoms. The Labute approximate surface area is 167 Å². The van der Waals surface area contributed by atoms with Crippen LogP contribution in [0.1, 0.15) is 55.7 Å². The number of nitrogens with one attached hydrogen (secondary N) is 1. The van der Waals surface area contributed by atoms with Gasteiger partial charge in [0, 0.05) is 17.9 Å². The number of anilines is 2. The molecule has 1 aromatic heterocycles. The van der Waals surface area contributed by atoms with Gasteiger partial charge in [-0.3, -0.25) is 4.79 Å². The minimum absolute atomic E-state index is 0.0890. The number of aromatic nitrogens is 2. The number of hydrogen-bond acceptors (Lipinski definition) is 5. The molecule has 0 aliphatic carbocycles. The Morgan fingerprint density at radius 1 is 1.24 bits per heavy atom. The van der Waals surface area contributed by atoms with Crippen molar-refractivity contribution in [1.82, 2.24) is 9.97 Å². The predicted molar refractivity (Wildman–Crippen MR) is 102 cm³/mol. The number of ether oxygens (including phenoxy) is 1. The maximum absolute atomic E-state index is 13.6. The van der Waals surface area contributed by atoms with Crippen molar-refractivity contribution in [3.63, 3.8) is 0 Å². The summed E-state index contributed by atoms with van der Waals surface area (Å²) in [4.78, 5) is 19.2. The number of carboxylic acid groups (broad SMARTS) is 1. The number of aryl methyl sites for hydroxylation is 1. The molecule has 0 radical (unpaired) electrons. The summed E-state index contributed by atoms with van der Waals surface area (Å²) in [5, 5.41) is 12.1. The van der Waals surface area contributed by atoms with E-state index in [2.05, 4.69) is 15.3 Å². The number of alkyl halides is 3. The first-order valence-corrected chi connectivity index (χ1v) is 9.25.